The van der Waals surface area contributed by atoms with Gasteiger partial charge in [0, 0.05) is 5.69 Å². The molecule has 1 atom stereocenters. The zero-order chi connectivity index (χ0) is 24.0. The maximum Gasteiger partial charge on any atom is 0.296 e. The fourth-order valence-corrected chi connectivity index (χ4v) is 3.43. The number of nitro groups is 1. The van der Waals surface area contributed by atoms with E-state index in [2.05, 4.69) is 16.0 Å². The molecule has 0 saturated heterocycles. The number of anilines is 2. The lowest BCUT2D eigenvalue weighted by Crippen LogP contribution is -2.39. The highest BCUT2D eigenvalue weighted by Gasteiger charge is 2.23. The van der Waals surface area contributed by atoms with Gasteiger partial charge in [-0.1, -0.05) is 42.5 Å². The fraction of sp³-hybridized carbons (Fsp3) is 0.167. The minimum atomic E-state index is -0.830. The number of benzene rings is 3. The molecule has 0 aromatic heterocycles. The second-order valence-corrected chi connectivity index (χ2v) is 7.80. The van der Waals surface area contributed by atoms with Gasteiger partial charge in [0.15, 0.2) is 5.11 Å². The van der Waals surface area contributed by atoms with E-state index in [0.717, 1.165) is 11.1 Å². The monoisotopic (exact) mass is 464 g/mol. The van der Waals surface area contributed by atoms with E-state index in [1.54, 1.807) is 18.2 Å². The second kappa shape index (κ2) is 10.6. The molecule has 1 amide bonds. The third-order valence-electron chi connectivity index (χ3n) is 4.97. The summed E-state index contributed by atoms with van der Waals surface area (Å²) in [5, 5.41) is 20.3. The summed E-state index contributed by atoms with van der Waals surface area (Å²) in [6.07, 6.45) is 0. The average molecular weight is 465 g/mol. The van der Waals surface area contributed by atoms with Gasteiger partial charge in [0.2, 0.25) is 0 Å². The van der Waals surface area contributed by atoms with E-state index in [-0.39, 0.29) is 22.4 Å². The van der Waals surface area contributed by atoms with E-state index in [9.17, 15) is 14.9 Å². The van der Waals surface area contributed by atoms with Crippen LogP contribution in [0.5, 0.6) is 5.75 Å². The maximum atomic E-state index is 13.2. The smallest absolute Gasteiger partial charge is 0.296 e. The lowest BCUT2D eigenvalue weighted by Gasteiger charge is -2.21. The van der Waals surface area contributed by atoms with Crippen molar-refractivity contribution in [3.05, 3.63) is 93.5 Å². The average Bonchev–Trinajstić information content (AvgIpc) is 2.80. The molecule has 0 fully saturated rings. The minimum absolute atomic E-state index is 0.0632. The third-order valence-corrected chi connectivity index (χ3v) is 5.19. The van der Waals surface area contributed by atoms with Crippen molar-refractivity contribution in [2.75, 3.05) is 17.7 Å². The Balaban J connectivity index is 1.84. The molecule has 8 nitrogen and oxygen atoms in total. The van der Waals surface area contributed by atoms with Crippen LogP contribution in [-0.2, 0) is 4.79 Å². The first-order valence-corrected chi connectivity index (χ1v) is 10.5. The van der Waals surface area contributed by atoms with Gasteiger partial charge in [0.1, 0.15) is 17.5 Å². The van der Waals surface area contributed by atoms with E-state index in [0.29, 0.717) is 17.0 Å². The molecule has 3 rings (SSSR count). The Hall–Kier alpha value is -3.98. The summed E-state index contributed by atoms with van der Waals surface area (Å²) in [5.74, 6) is 0.0319. The summed E-state index contributed by atoms with van der Waals surface area (Å²) in [7, 11) is 1.43. The number of hydrogen-bond acceptors (Lipinski definition) is 5. The predicted molar refractivity (Wildman–Crippen MR) is 133 cm³/mol. The molecular weight excluding hydrogens is 440 g/mol. The number of carbonyl (C=O) groups is 1. The highest BCUT2D eigenvalue weighted by Crippen LogP contribution is 2.29. The molecule has 0 radical (unpaired) electrons. The largest absolute Gasteiger partial charge is 0.496 e. The van der Waals surface area contributed by atoms with Crippen LogP contribution in [0.1, 0.15) is 22.7 Å². The van der Waals surface area contributed by atoms with Gasteiger partial charge < -0.3 is 20.7 Å². The van der Waals surface area contributed by atoms with Crippen LogP contribution < -0.4 is 20.7 Å². The van der Waals surface area contributed by atoms with Crippen LogP contribution in [0.4, 0.5) is 17.1 Å². The lowest BCUT2D eigenvalue weighted by atomic mass is 10.1. The standard InChI is InChI=1S/C24H24N4O4S/c1-15-9-10-16(2)20(13-15)25-23(29)22(17-7-5-4-6-8-17)27-24(33)26-19-12-11-18(32-3)14-21(19)28(30)31/h4-14,22H,1-3H3,(H,25,29)(H2,26,27,33). The molecule has 0 heterocycles. The third kappa shape index (κ3) is 6.05. The van der Waals surface area contributed by atoms with Crippen molar-refractivity contribution in [3.63, 3.8) is 0 Å². The van der Waals surface area contributed by atoms with Crippen molar-refractivity contribution in [1.82, 2.24) is 5.32 Å². The van der Waals surface area contributed by atoms with Gasteiger partial charge in [0.05, 0.1) is 18.1 Å². The second-order valence-electron chi connectivity index (χ2n) is 7.39. The Morgan fingerprint density at radius 1 is 1.00 bits per heavy atom. The summed E-state index contributed by atoms with van der Waals surface area (Å²) in [6, 6.07) is 18.4. The molecule has 0 bridgehead atoms. The van der Waals surface area contributed by atoms with Crippen molar-refractivity contribution >= 4 is 40.3 Å². The number of nitro benzene ring substituents is 1. The number of ether oxygens (including phenoxy) is 1. The topological polar surface area (TPSA) is 106 Å². The number of aryl methyl sites for hydroxylation is 2. The Morgan fingerprint density at radius 2 is 1.73 bits per heavy atom. The van der Waals surface area contributed by atoms with Crippen molar-refractivity contribution < 1.29 is 14.5 Å². The number of carbonyl (C=O) groups excluding carboxylic acids is 1. The first-order chi connectivity index (χ1) is 15.8. The first kappa shape index (κ1) is 23.7. The molecule has 3 aromatic rings. The molecule has 0 saturated carbocycles. The molecule has 0 spiro atoms. The van der Waals surface area contributed by atoms with Gasteiger partial charge in [-0.2, -0.15) is 0 Å². The van der Waals surface area contributed by atoms with Crippen LogP contribution >= 0.6 is 12.2 Å². The van der Waals surface area contributed by atoms with Crippen LogP contribution in [0.25, 0.3) is 0 Å². The highest BCUT2D eigenvalue weighted by molar-refractivity contribution is 7.80. The van der Waals surface area contributed by atoms with Crippen molar-refractivity contribution in [2.24, 2.45) is 0 Å². The summed E-state index contributed by atoms with van der Waals surface area (Å²) >= 11 is 5.39. The van der Waals surface area contributed by atoms with E-state index < -0.39 is 11.0 Å². The van der Waals surface area contributed by atoms with E-state index in [1.807, 2.05) is 50.2 Å². The van der Waals surface area contributed by atoms with E-state index >= 15 is 0 Å². The molecule has 9 heteroatoms. The van der Waals surface area contributed by atoms with E-state index in [1.165, 1.54) is 19.2 Å². The Morgan fingerprint density at radius 3 is 2.39 bits per heavy atom. The summed E-state index contributed by atoms with van der Waals surface area (Å²) < 4.78 is 5.06. The number of nitrogens with one attached hydrogen (secondary N) is 3. The molecule has 1 unspecified atom stereocenters. The predicted octanol–water partition coefficient (Wildman–Crippen LogP) is 4.89. The molecule has 0 aliphatic carbocycles. The Labute approximate surface area is 197 Å². The number of methoxy groups -OCH3 is 1. The van der Waals surface area contributed by atoms with Gasteiger partial charge in [-0.15, -0.1) is 0 Å². The number of nitrogens with zero attached hydrogens (tertiary/aromatic N) is 1. The van der Waals surface area contributed by atoms with Crippen LogP contribution in [0.15, 0.2) is 66.7 Å². The van der Waals surface area contributed by atoms with Crippen molar-refractivity contribution in [2.45, 2.75) is 19.9 Å². The highest BCUT2D eigenvalue weighted by atomic mass is 32.1. The minimum Gasteiger partial charge on any atom is -0.496 e. The summed E-state index contributed by atoms with van der Waals surface area (Å²) in [6.45, 7) is 3.86. The van der Waals surface area contributed by atoms with Crippen molar-refractivity contribution in [1.29, 1.82) is 0 Å². The Kier molecular flexibility index (Phi) is 7.57. The van der Waals surface area contributed by atoms with Crippen LogP contribution in [0, 0.1) is 24.0 Å². The van der Waals surface area contributed by atoms with Crippen molar-refractivity contribution in [3.8, 4) is 5.75 Å². The zero-order valence-corrected chi connectivity index (χ0v) is 19.2. The van der Waals surface area contributed by atoms with Gasteiger partial charge in [-0.3, -0.25) is 14.9 Å². The molecule has 0 aliphatic rings. The SMILES string of the molecule is COc1ccc(NC(=S)NC(C(=O)Nc2cc(C)ccc2C)c2ccccc2)c([N+](=O)[O-])c1. The number of thiocarbonyl (C=S) groups is 1. The molecule has 170 valence electrons. The number of rotatable bonds is 7. The van der Waals surface area contributed by atoms with Crippen LogP contribution in [-0.4, -0.2) is 23.1 Å². The molecule has 3 aromatic carbocycles. The van der Waals surface area contributed by atoms with Crippen LogP contribution in [0.3, 0.4) is 0 Å². The molecule has 33 heavy (non-hydrogen) atoms. The van der Waals surface area contributed by atoms with Gasteiger partial charge in [-0.05, 0) is 61.0 Å². The quantitative estimate of drug-likeness (QED) is 0.260. The van der Waals surface area contributed by atoms with Crippen LogP contribution in [0.2, 0.25) is 0 Å². The fourth-order valence-electron chi connectivity index (χ4n) is 3.21. The Bertz CT molecular complexity index is 1180. The normalized spacial score (nSPS) is 11.2. The summed E-state index contributed by atoms with van der Waals surface area (Å²) in [5.41, 5.74) is 3.31. The van der Waals surface area contributed by atoms with Gasteiger partial charge in [-0.25, -0.2) is 0 Å². The molecular formula is C24H24N4O4S. The number of amides is 1. The van der Waals surface area contributed by atoms with Gasteiger partial charge >= 0.3 is 0 Å². The molecule has 0 aliphatic heterocycles. The lowest BCUT2D eigenvalue weighted by molar-refractivity contribution is -0.384. The van der Waals surface area contributed by atoms with Gasteiger partial charge in [0.25, 0.3) is 11.6 Å². The first-order valence-electron chi connectivity index (χ1n) is 10.1. The zero-order valence-electron chi connectivity index (χ0n) is 18.4. The van der Waals surface area contributed by atoms with E-state index in [4.69, 9.17) is 17.0 Å². The molecule has 3 N–H and O–H groups in total. The summed E-state index contributed by atoms with van der Waals surface area (Å²) in [4.78, 5) is 24.2. The number of hydrogen-bond donors (Lipinski definition) is 3. The maximum absolute atomic E-state index is 13.2.